The second-order valence-electron chi connectivity index (χ2n) is 5.77. The van der Waals surface area contributed by atoms with Crippen molar-refractivity contribution in [2.75, 3.05) is 0 Å². The molecule has 3 heteroatoms. The Kier molecular flexibility index (Phi) is 3.97. The van der Waals surface area contributed by atoms with Gasteiger partial charge < -0.3 is 4.98 Å². The highest BCUT2D eigenvalue weighted by Crippen LogP contribution is 2.21. The Balaban J connectivity index is 0.000000136. The molecule has 0 unspecified atom stereocenters. The van der Waals surface area contributed by atoms with E-state index in [1.807, 2.05) is 66.9 Å². The standard InChI is InChI=1S/C13H9NO.C9H7N/c15-12-8-7-10-6-5-9-3-1-2-4-11(9)13(10)14-12;1-2-6-9-8(4-1)5-3-7-10-9/h1-8H,(H,14,15);1-7H. The van der Waals surface area contributed by atoms with Gasteiger partial charge >= 0.3 is 0 Å². The molecule has 0 saturated heterocycles. The molecule has 3 nitrogen and oxygen atoms in total. The number of fused-ring (bicyclic) bond motifs is 4. The Bertz CT molecular complexity index is 1160. The zero-order valence-corrected chi connectivity index (χ0v) is 13.5. The number of pyridine rings is 2. The molecule has 0 bridgehead atoms. The molecule has 0 atom stereocenters. The van der Waals surface area contributed by atoms with Crippen LogP contribution in [0, 0.1) is 0 Å². The first-order valence-electron chi connectivity index (χ1n) is 8.12. The van der Waals surface area contributed by atoms with Crippen LogP contribution in [-0.4, -0.2) is 9.97 Å². The largest absolute Gasteiger partial charge is 0.321 e. The smallest absolute Gasteiger partial charge is 0.248 e. The molecule has 5 rings (SSSR count). The highest BCUT2D eigenvalue weighted by atomic mass is 16.1. The van der Waals surface area contributed by atoms with Crippen LogP contribution in [0.4, 0.5) is 0 Å². The third-order valence-corrected chi connectivity index (χ3v) is 4.14. The minimum Gasteiger partial charge on any atom is -0.321 e. The Labute approximate surface area is 144 Å². The van der Waals surface area contributed by atoms with Crippen molar-refractivity contribution in [3.63, 3.8) is 0 Å². The summed E-state index contributed by atoms with van der Waals surface area (Å²) in [4.78, 5) is 18.3. The van der Waals surface area contributed by atoms with Crippen molar-refractivity contribution < 1.29 is 0 Å². The van der Waals surface area contributed by atoms with E-state index in [0.29, 0.717) is 0 Å². The first kappa shape index (κ1) is 15.1. The third kappa shape index (κ3) is 3.12. The summed E-state index contributed by atoms with van der Waals surface area (Å²) < 4.78 is 0. The first-order valence-corrected chi connectivity index (χ1v) is 8.12. The van der Waals surface area contributed by atoms with Crippen LogP contribution in [-0.2, 0) is 0 Å². The van der Waals surface area contributed by atoms with Crippen LogP contribution in [0.15, 0.2) is 95.9 Å². The normalized spacial score (nSPS) is 10.6. The van der Waals surface area contributed by atoms with Crippen molar-refractivity contribution >= 4 is 32.6 Å². The third-order valence-electron chi connectivity index (χ3n) is 4.14. The van der Waals surface area contributed by atoms with Gasteiger partial charge in [0.05, 0.1) is 11.0 Å². The lowest BCUT2D eigenvalue weighted by atomic mass is 10.1. The highest BCUT2D eigenvalue weighted by molar-refractivity contribution is 6.04. The maximum atomic E-state index is 11.3. The van der Waals surface area contributed by atoms with Gasteiger partial charge in [0.1, 0.15) is 0 Å². The van der Waals surface area contributed by atoms with Gasteiger partial charge in [0.25, 0.3) is 0 Å². The molecule has 2 aromatic heterocycles. The highest BCUT2D eigenvalue weighted by Gasteiger charge is 1.99. The van der Waals surface area contributed by atoms with Gasteiger partial charge in [-0.3, -0.25) is 9.78 Å². The van der Waals surface area contributed by atoms with Gasteiger partial charge in [-0.15, -0.1) is 0 Å². The predicted octanol–water partition coefficient (Wildman–Crippen LogP) is 4.92. The first-order chi connectivity index (χ1) is 12.3. The average molecular weight is 324 g/mol. The molecule has 0 spiro atoms. The molecular formula is C22H16N2O. The van der Waals surface area contributed by atoms with Crippen molar-refractivity contribution in [3.8, 4) is 0 Å². The molecule has 0 saturated carbocycles. The second kappa shape index (κ2) is 6.57. The molecule has 0 aliphatic rings. The van der Waals surface area contributed by atoms with E-state index in [2.05, 4.69) is 28.2 Å². The van der Waals surface area contributed by atoms with E-state index in [9.17, 15) is 4.79 Å². The molecule has 120 valence electrons. The molecule has 0 fully saturated rings. The van der Waals surface area contributed by atoms with Gasteiger partial charge in [0.2, 0.25) is 5.56 Å². The van der Waals surface area contributed by atoms with Crippen molar-refractivity contribution in [1.29, 1.82) is 0 Å². The van der Waals surface area contributed by atoms with Gasteiger partial charge in [0.15, 0.2) is 0 Å². The maximum Gasteiger partial charge on any atom is 0.248 e. The molecule has 1 N–H and O–H groups in total. The summed E-state index contributed by atoms with van der Waals surface area (Å²) in [6.45, 7) is 0. The fraction of sp³-hybridized carbons (Fsp3) is 0. The molecule has 0 aliphatic carbocycles. The Morgan fingerprint density at radius 1 is 0.640 bits per heavy atom. The van der Waals surface area contributed by atoms with E-state index in [1.165, 1.54) is 5.39 Å². The number of H-pyrrole nitrogens is 1. The fourth-order valence-corrected chi connectivity index (χ4v) is 2.91. The van der Waals surface area contributed by atoms with Gasteiger partial charge in [-0.2, -0.15) is 0 Å². The maximum absolute atomic E-state index is 11.3. The van der Waals surface area contributed by atoms with Crippen molar-refractivity contribution in [3.05, 3.63) is 101 Å². The van der Waals surface area contributed by atoms with Crippen molar-refractivity contribution in [2.24, 2.45) is 0 Å². The number of aromatic nitrogens is 2. The summed E-state index contributed by atoms with van der Waals surface area (Å²) in [5.74, 6) is 0. The van der Waals surface area contributed by atoms with E-state index in [0.717, 1.165) is 27.2 Å². The second-order valence-corrected chi connectivity index (χ2v) is 5.77. The van der Waals surface area contributed by atoms with E-state index in [1.54, 1.807) is 6.07 Å². The Morgan fingerprint density at radius 2 is 1.32 bits per heavy atom. The molecule has 0 radical (unpaired) electrons. The quantitative estimate of drug-likeness (QED) is 0.411. The van der Waals surface area contributed by atoms with Crippen molar-refractivity contribution in [1.82, 2.24) is 9.97 Å². The Morgan fingerprint density at radius 3 is 2.20 bits per heavy atom. The van der Waals surface area contributed by atoms with Crippen LogP contribution in [0.1, 0.15) is 0 Å². The Hall–Kier alpha value is -3.46. The van der Waals surface area contributed by atoms with Gasteiger partial charge in [-0.25, -0.2) is 0 Å². The minimum atomic E-state index is -0.0566. The molecule has 25 heavy (non-hydrogen) atoms. The summed E-state index contributed by atoms with van der Waals surface area (Å²) in [5, 5.41) is 4.50. The van der Waals surface area contributed by atoms with Crippen LogP contribution in [0.3, 0.4) is 0 Å². The zero-order chi connectivity index (χ0) is 17.1. The summed E-state index contributed by atoms with van der Waals surface area (Å²) in [6.07, 6.45) is 1.81. The van der Waals surface area contributed by atoms with Crippen LogP contribution in [0.2, 0.25) is 0 Å². The van der Waals surface area contributed by atoms with E-state index < -0.39 is 0 Å². The number of hydrogen-bond donors (Lipinski definition) is 1. The lowest BCUT2D eigenvalue weighted by molar-refractivity contribution is 1.32. The number of nitrogens with one attached hydrogen (secondary N) is 1. The number of rotatable bonds is 0. The topological polar surface area (TPSA) is 45.8 Å². The summed E-state index contributed by atoms with van der Waals surface area (Å²) in [6, 6.07) is 27.6. The molecule has 0 aliphatic heterocycles. The number of hydrogen-bond acceptors (Lipinski definition) is 2. The fourth-order valence-electron chi connectivity index (χ4n) is 2.91. The van der Waals surface area contributed by atoms with Crippen molar-refractivity contribution in [2.45, 2.75) is 0 Å². The van der Waals surface area contributed by atoms with E-state index in [4.69, 9.17) is 0 Å². The molecule has 2 heterocycles. The monoisotopic (exact) mass is 324 g/mol. The number of aromatic amines is 1. The lowest BCUT2D eigenvalue weighted by Gasteiger charge is -2.02. The van der Waals surface area contributed by atoms with Gasteiger partial charge in [-0.05, 0) is 29.0 Å². The predicted molar refractivity (Wildman–Crippen MR) is 104 cm³/mol. The number of para-hydroxylation sites is 1. The number of nitrogens with zero attached hydrogens (tertiary/aromatic N) is 1. The molecule has 3 aromatic carbocycles. The van der Waals surface area contributed by atoms with E-state index in [-0.39, 0.29) is 5.56 Å². The minimum absolute atomic E-state index is 0.0566. The average Bonchev–Trinajstić information content (AvgIpc) is 2.68. The SMILES string of the molecule is O=c1ccc2ccc3ccccc3c2[nH]1.c1ccc2ncccc2c1. The molecule has 0 amide bonds. The van der Waals surface area contributed by atoms with Crippen LogP contribution in [0.25, 0.3) is 32.6 Å². The molecular weight excluding hydrogens is 308 g/mol. The van der Waals surface area contributed by atoms with Crippen LogP contribution < -0.4 is 5.56 Å². The van der Waals surface area contributed by atoms with Crippen LogP contribution in [0.5, 0.6) is 0 Å². The zero-order valence-electron chi connectivity index (χ0n) is 13.5. The number of benzene rings is 3. The summed E-state index contributed by atoms with van der Waals surface area (Å²) in [5.41, 5.74) is 1.92. The summed E-state index contributed by atoms with van der Waals surface area (Å²) >= 11 is 0. The van der Waals surface area contributed by atoms with Gasteiger partial charge in [-0.1, -0.05) is 60.7 Å². The summed E-state index contributed by atoms with van der Waals surface area (Å²) in [7, 11) is 0. The van der Waals surface area contributed by atoms with Crippen LogP contribution >= 0.6 is 0 Å². The van der Waals surface area contributed by atoms with E-state index >= 15 is 0 Å². The van der Waals surface area contributed by atoms with Gasteiger partial charge in [0, 0.05) is 23.0 Å². The lowest BCUT2D eigenvalue weighted by Crippen LogP contribution is -2.02. The molecule has 5 aromatic rings.